The number of hydrogen-bond acceptors (Lipinski definition) is 14. The van der Waals surface area contributed by atoms with Gasteiger partial charge in [0, 0.05) is 5.41 Å². The Hall–Kier alpha value is -4.84. The Bertz CT molecular complexity index is 1900. The van der Waals surface area contributed by atoms with E-state index in [1.807, 2.05) is 38.1 Å². The predicted octanol–water partition coefficient (Wildman–Crippen LogP) is 3.01. The lowest BCUT2D eigenvalue weighted by Gasteiger charge is -2.26. The zero-order valence-corrected chi connectivity index (χ0v) is 29.0. The number of hydrogen-bond donors (Lipinski definition) is 2. The van der Waals surface area contributed by atoms with Gasteiger partial charge in [-0.25, -0.2) is 26.4 Å². The van der Waals surface area contributed by atoms with Crippen LogP contribution < -0.4 is 9.47 Å². The van der Waals surface area contributed by atoms with E-state index in [0.717, 1.165) is 35.4 Å². The molecule has 0 aliphatic heterocycles. The molecule has 0 heterocycles. The minimum atomic E-state index is -4.75. The number of rotatable bonds is 16. The first-order valence-electron chi connectivity index (χ1n) is 15.2. The van der Waals surface area contributed by atoms with Crippen molar-refractivity contribution in [3.05, 3.63) is 119 Å². The van der Waals surface area contributed by atoms with Crippen molar-refractivity contribution in [1.29, 1.82) is 0 Å². The third kappa shape index (κ3) is 11.1. The number of carbonyl (C=O) groups excluding carboxylic acids is 2. The molecule has 0 radical (unpaired) electrons. The second kappa shape index (κ2) is 16.5. The minimum Gasteiger partial charge on any atom is -0.744 e. The van der Waals surface area contributed by atoms with Crippen molar-refractivity contribution in [2.45, 2.75) is 41.3 Å². The van der Waals surface area contributed by atoms with Gasteiger partial charge in [-0.1, -0.05) is 50.2 Å². The Morgan fingerprint density at radius 3 is 1.29 bits per heavy atom. The van der Waals surface area contributed by atoms with E-state index in [4.69, 9.17) is 18.9 Å². The van der Waals surface area contributed by atoms with Gasteiger partial charge < -0.3 is 38.3 Å². The Kier molecular flexibility index (Phi) is 12.6. The van der Waals surface area contributed by atoms with Gasteiger partial charge in [-0.05, 0) is 71.8 Å². The van der Waals surface area contributed by atoms with Crippen molar-refractivity contribution in [1.82, 2.24) is 0 Å². The normalized spacial score (nSPS) is 13.1. The predicted molar refractivity (Wildman–Crippen MR) is 177 cm³/mol. The lowest BCUT2D eigenvalue weighted by molar-refractivity contribution is 0.0127. The fourth-order valence-electron chi connectivity index (χ4n) is 4.65. The summed E-state index contributed by atoms with van der Waals surface area (Å²) in [6.07, 6.45) is -2.38. The minimum absolute atomic E-state index is 0.152. The van der Waals surface area contributed by atoms with Gasteiger partial charge in [-0.3, -0.25) is 0 Å². The van der Waals surface area contributed by atoms with E-state index in [9.17, 15) is 45.7 Å². The molecule has 0 aromatic heterocycles. The number of esters is 2. The SMILES string of the molecule is CC(C)(c1ccc(OCC(O)COC(=O)c2cccc(S(=O)(=O)[O-])c2)cc1)c1ccc(OCC(O)COC(=O)c2cccc(S(=O)(=O)[O-])c2)cc1. The summed E-state index contributed by atoms with van der Waals surface area (Å²) >= 11 is 0. The van der Waals surface area contributed by atoms with E-state index in [1.165, 1.54) is 24.3 Å². The number of aliphatic hydroxyl groups is 2. The van der Waals surface area contributed by atoms with Crippen LogP contribution in [0.2, 0.25) is 0 Å². The molecule has 4 aromatic carbocycles. The van der Waals surface area contributed by atoms with Crippen LogP contribution in [-0.4, -0.2) is 86.7 Å². The fourth-order valence-corrected chi connectivity index (χ4v) is 5.68. The van der Waals surface area contributed by atoms with Gasteiger partial charge >= 0.3 is 11.9 Å². The van der Waals surface area contributed by atoms with Crippen LogP contribution in [0.5, 0.6) is 11.5 Å². The highest BCUT2D eigenvalue weighted by Crippen LogP contribution is 2.33. The van der Waals surface area contributed by atoms with E-state index in [-0.39, 0.29) is 24.3 Å². The van der Waals surface area contributed by atoms with Gasteiger partial charge in [0.05, 0.1) is 20.9 Å². The number of aliphatic hydroxyl groups excluding tert-OH is 2. The van der Waals surface area contributed by atoms with Crippen molar-refractivity contribution in [2.75, 3.05) is 26.4 Å². The Morgan fingerprint density at radius 1 is 0.608 bits per heavy atom. The molecule has 51 heavy (non-hydrogen) atoms. The molecule has 0 amide bonds. The second-order valence-electron chi connectivity index (χ2n) is 11.8. The van der Waals surface area contributed by atoms with Crippen LogP contribution in [0.1, 0.15) is 45.7 Å². The maximum absolute atomic E-state index is 12.2. The first-order valence-corrected chi connectivity index (χ1v) is 18.0. The summed E-state index contributed by atoms with van der Waals surface area (Å²) in [5.74, 6) is -0.923. The third-order valence-corrected chi connectivity index (χ3v) is 9.23. The quantitative estimate of drug-likeness (QED) is 0.124. The summed E-state index contributed by atoms with van der Waals surface area (Å²) in [5.41, 5.74) is 1.12. The maximum Gasteiger partial charge on any atom is 0.338 e. The van der Waals surface area contributed by atoms with Crippen molar-refractivity contribution >= 4 is 32.2 Å². The summed E-state index contributed by atoms with van der Waals surface area (Å²) < 4.78 is 88.3. The summed E-state index contributed by atoms with van der Waals surface area (Å²) in [6, 6.07) is 23.3. The van der Waals surface area contributed by atoms with Gasteiger partial charge in [-0.2, -0.15) is 0 Å². The summed E-state index contributed by atoms with van der Waals surface area (Å²) in [6.45, 7) is 2.76. The van der Waals surface area contributed by atoms with E-state index < -0.39 is 72.8 Å². The molecule has 4 aromatic rings. The average molecular weight is 743 g/mol. The monoisotopic (exact) mass is 742 g/mol. The van der Waals surface area contributed by atoms with E-state index in [1.54, 1.807) is 24.3 Å². The molecule has 272 valence electrons. The zero-order chi connectivity index (χ0) is 37.4. The lowest BCUT2D eigenvalue weighted by atomic mass is 9.78. The third-order valence-electron chi connectivity index (χ3n) is 7.57. The zero-order valence-electron chi connectivity index (χ0n) is 27.3. The molecule has 0 saturated carbocycles. The molecule has 2 atom stereocenters. The first kappa shape index (κ1) is 39.0. The Labute approximate surface area is 294 Å². The molecule has 0 bridgehead atoms. The van der Waals surface area contributed by atoms with Crippen LogP contribution in [0.15, 0.2) is 107 Å². The van der Waals surface area contributed by atoms with Gasteiger partial charge in [0.25, 0.3) is 0 Å². The molecule has 2 N–H and O–H groups in total. The molecule has 0 aliphatic carbocycles. The highest BCUT2D eigenvalue weighted by atomic mass is 32.2. The van der Waals surface area contributed by atoms with Crippen LogP contribution in [-0.2, 0) is 35.1 Å². The highest BCUT2D eigenvalue weighted by molar-refractivity contribution is 7.86. The first-order chi connectivity index (χ1) is 23.9. The van der Waals surface area contributed by atoms with Crippen LogP contribution in [0.3, 0.4) is 0 Å². The summed E-state index contributed by atoms with van der Waals surface area (Å²) in [5, 5.41) is 20.4. The van der Waals surface area contributed by atoms with Crippen molar-refractivity contribution in [3.63, 3.8) is 0 Å². The maximum atomic E-state index is 12.2. The average Bonchev–Trinajstić information content (AvgIpc) is 3.10. The lowest BCUT2D eigenvalue weighted by Crippen LogP contribution is -2.25. The van der Waals surface area contributed by atoms with Crippen LogP contribution >= 0.6 is 0 Å². The molecular formula is C35H34O14S2-2. The Balaban J connectivity index is 1.22. The summed E-state index contributed by atoms with van der Waals surface area (Å²) in [4.78, 5) is 23.3. The molecular weight excluding hydrogens is 709 g/mol. The number of carbonyl (C=O) groups is 2. The van der Waals surface area contributed by atoms with E-state index >= 15 is 0 Å². The largest absolute Gasteiger partial charge is 0.744 e. The van der Waals surface area contributed by atoms with Crippen molar-refractivity contribution in [3.8, 4) is 11.5 Å². The van der Waals surface area contributed by atoms with Crippen molar-refractivity contribution in [2.24, 2.45) is 0 Å². The summed E-state index contributed by atoms with van der Waals surface area (Å²) in [7, 11) is -9.49. The molecule has 2 unspecified atom stereocenters. The molecule has 0 aliphatic rings. The molecule has 0 spiro atoms. The fraction of sp³-hybridized carbons (Fsp3) is 0.257. The smallest absolute Gasteiger partial charge is 0.338 e. The highest BCUT2D eigenvalue weighted by Gasteiger charge is 2.23. The number of benzene rings is 4. The van der Waals surface area contributed by atoms with E-state index in [2.05, 4.69) is 0 Å². The standard InChI is InChI=1S/C35H36O14S2/c1-35(2,25-9-13-29(14-10-25)46-19-27(36)21-48-33(38)23-5-3-7-31(17-23)50(40,41)42)26-11-15-30(16-12-26)47-20-28(37)22-49-34(39)24-6-4-8-32(18-24)51(43,44)45/h3-18,27-28,36-37H,19-22H2,1-2H3,(H,40,41,42)(H,43,44,45)/p-2. The molecule has 0 fully saturated rings. The molecule has 4 rings (SSSR count). The van der Waals surface area contributed by atoms with Crippen LogP contribution in [0.4, 0.5) is 0 Å². The molecule has 16 heteroatoms. The topological polar surface area (TPSA) is 226 Å². The molecule has 0 saturated heterocycles. The van der Waals surface area contributed by atoms with Crippen molar-refractivity contribution < 1.29 is 64.7 Å². The molecule has 14 nitrogen and oxygen atoms in total. The van der Waals surface area contributed by atoms with Gasteiger partial charge in [0.15, 0.2) is 0 Å². The van der Waals surface area contributed by atoms with Gasteiger partial charge in [0.1, 0.15) is 70.4 Å². The van der Waals surface area contributed by atoms with Gasteiger partial charge in [-0.15, -0.1) is 0 Å². The number of ether oxygens (including phenoxy) is 4. The van der Waals surface area contributed by atoms with Gasteiger partial charge in [0.2, 0.25) is 0 Å². The van der Waals surface area contributed by atoms with E-state index in [0.29, 0.717) is 11.5 Å². The van der Waals surface area contributed by atoms with Crippen LogP contribution in [0.25, 0.3) is 0 Å². The second-order valence-corrected chi connectivity index (χ2v) is 14.5. The Morgan fingerprint density at radius 2 is 0.961 bits per heavy atom. The van der Waals surface area contributed by atoms with Crippen LogP contribution in [0, 0.1) is 0 Å².